The molecule has 1 unspecified atom stereocenters. The van der Waals surface area contributed by atoms with Crippen molar-refractivity contribution in [3.8, 4) is 11.5 Å². The Morgan fingerprint density at radius 3 is 2.57 bits per heavy atom. The highest BCUT2D eigenvalue weighted by Crippen LogP contribution is 2.45. The Hall–Kier alpha value is -3.64. The second-order valence-corrected chi connectivity index (χ2v) is 12.8. The first-order valence-corrected chi connectivity index (χ1v) is 16.3. The summed E-state index contributed by atoms with van der Waals surface area (Å²) in [5, 5.41) is 21.2. The summed E-state index contributed by atoms with van der Waals surface area (Å²) < 4.78 is 12.1. The van der Waals surface area contributed by atoms with E-state index in [2.05, 4.69) is 22.1 Å². The predicted octanol–water partition coefficient (Wildman–Crippen LogP) is 7.74. The Kier molecular flexibility index (Phi) is 10.4. The molecule has 5 rings (SSSR count). The number of hydrogen-bond acceptors (Lipinski definition) is 10. The van der Waals surface area contributed by atoms with Gasteiger partial charge in [0.2, 0.25) is 5.13 Å². The topological polar surface area (TPSA) is 115 Å². The number of Topliss-reactive ketones (excluding diaryl/α,β-unsaturated/α-hetero) is 1. The van der Waals surface area contributed by atoms with Gasteiger partial charge in [0, 0.05) is 33.8 Å². The van der Waals surface area contributed by atoms with Crippen molar-refractivity contribution in [2.24, 2.45) is 0 Å². The second-order valence-electron chi connectivity index (χ2n) is 9.75. The summed E-state index contributed by atoms with van der Waals surface area (Å²) in [7, 11) is 1.52. The third-order valence-electron chi connectivity index (χ3n) is 6.88. The number of pyridine rings is 1. The van der Waals surface area contributed by atoms with Crippen molar-refractivity contribution in [3.63, 3.8) is 0 Å². The summed E-state index contributed by atoms with van der Waals surface area (Å²) >= 11 is 14.9. The quantitative estimate of drug-likeness (QED) is 0.0404. The number of carbonyl (C=O) groups excluding carboxylic acids is 2. The maximum absolute atomic E-state index is 13.6. The molecule has 0 spiro atoms. The number of aromatic nitrogens is 3. The van der Waals surface area contributed by atoms with E-state index in [-0.39, 0.29) is 16.5 Å². The Morgan fingerprint density at radius 2 is 1.84 bits per heavy atom. The fourth-order valence-electron chi connectivity index (χ4n) is 4.65. The van der Waals surface area contributed by atoms with Gasteiger partial charge in [0.1, 0.15) is 5.76 Å². The van der Waals surface area contributed by atoms with E-state index in [1.165, 1.54) is 36.2 Å². The van der Waals surface area contributed by atoms with Crippen LogP contribution < -0.4 is 14.4 Å². The summed E-state index contributed by atoms with van der Waals surface area (Å²) in [5.41, 5.74) is 1.64. The molecule has 44 heavy (non-hydrogen) atoms. The van der Waals surface area contributed by atoms with Gasteiger partial charge in [0.05, 0.1) is 25.3 Å². The average Bonchev–Trinajstić information content (AvgIpc) is 3.60. The zero-order chi connectivity index (χ0) is 31.2. The van der Waals surface area contributed by atoms with Crippen molar-refractivity contribution in [1.82, 2.24) is 15.2 Å². The highest BCUT2D eigenvalue weighted by Gasteiger charge is 2.48. The molecular formula is C31H28Cl2N4O5S2. The Bertz CT molecular complexity index is 1700. The van der Waals surface area contributed by atoms with Gasteiger partial charge in [0.15, 0.2) is 15.8 Å². The van der Waals surface area contributed by atoms with E-state index in [4.69, 9.17) is 32.7 Å². The lowest BCUT2D eigenvalue weighted by atomic mass is 9.95. The van der Waals surface area contributed by atoms with E-state index in [9.17, 15) is 14.7 Å². The third kappa shape index (κ3) is 6.86. The van der Waals surface area contributed by atoms with E-state index in [0.717, 1.165) is 36.2 Å². The minimum atomic E-state index is -1.01. The van der Waals surface area contributed by atoms with Crippen LogP contribution in [0.2, 0.25) is 10.0 Å². The van der Waals surface area contributed by atoms with Crippen molar-refractivity contribution < 1.29 is 24.2 Å². The first kappa shape index (κ1) is 31.8. The summed E-state index contributed by atoms with van der Waals surface area (Å²) in [6.07, 6.45) is 5.99. The molecule has 1 amide bonds. The van der Waals surface area contributed by atoms with Crippen LogP contribution in [0.5, 0.6) is 11.5 Å². The van der Waals surface area contributed by atoms with Crippen LogP contribution in [-0.4, -0.2) is 45.7 Å². The van der Waals surface area contributed by atoms with E-state index >= 15 is 0 Å². The van der Waals surface area contributed by atoms with Gasteiger partial charge >= 0.3 is 5.91 Å². The molecule has 1 aliphatic rings. The van der Waals surface area contributed by atoms with Crippen LogP contribution in [0.3, 0.4) is 0 Å². The van der Waals surface area contributed by atoms with Crippen molar-refractivity contribution in [2.75, 3.05) is 18.6 Å². The Labute approximate surface area is 272 Å². The van der Waals surface area contributed by atoms with Crippen LogP contribution in [0, 0.1) is 0 Å². The highest BCUT2D eigenvalue weighted by atomic mass is 35.5. The molecule has 9 nitrogen and oxygen atoms in total. The summed E-state index contributed by atoms with van der Waals surface area (Å²) in [6, 6.07) is 12.6. The minimum absolute atomic E-state index is 0.0859. The van der Waals surface area contributed by atoms with Crippen molar-refractivity contribution >= 4 is 68.9 Å². The molecule has 0 saturated carbocycles. The van der Waals surface area contributed by atoms with Crippen molar-refractivity contribution in [2.45, 2.75) is 42.3 Å². The molecule has 4 aromatic rings. The van der Waals surface area contributed by atoms with Crippen LogP contribution in [0.4, 0.5) is 5.13 Å². The number of unbranched alkanes of at least 4 members (excludes halogenated alkanes) is 2. The molecule has 1 aliphatic heterocycles. The number of amides is 1. The molecule has 0 bridgehead atoms. The molecule has 13 heteroatoms. The van der Waals surface area contributed by atoms with Crippen LogP contribution in [-0.2, 0) is 15.3 Å². The lowest BCUT2D eigenvalue weighted by molar-refractivity contribution is -0.132. The molecule has 3 heterocycles. The number of ether oxygens (including phenoxy) is 2. The van der Waals surface area contributed by atoms with Crippen LogP contribution >= 0.6 is 46.3 Å². The molecule has 1 fully saturated rings. The van der Waals surface area contributed by atoms with Crippen LogP contribution in [0.15, 0.2) is 70.8 Å². The SMILES string of the molecule is CCCCCOc1ccc(C2C(=C(O)c3ccncc3)C(=O)C(=O)N2c2nnc(SCc3ccc(Cl)cc3Cl)s2)cc1OC. The number of halogens is 2. The molecule has 1 saturated heterocycles. The van der Waals surface area contributed by atoms with Gasteiger partial charge in [-0.05, 0) is 53.9 Å². The number of benzene rings is 2. The van der Waals surface area contributed by atoms with Crippen LogP contribution in [0.25, 0.3) is 5.76 Å². The molecule has 2 aromatic carbocycles. The molecule has 1 N–H and O–H groups in total. The first-order valence-electron chi connectivity index (χ1n) is 13.7. The van der Waals surface area contributed by atoms with Gasteiger partial charge < -0.3 is 14.6 Å². The van der Waals surface area contributed by atoms with E-state index in [0.29, 0.717) is 49.4 Å². The lowest BCUT2D eigenvalue weighted by Gasteiger charge is -2.23. The first-order chi connectivity index (χ1) is 21.3. The van der Waals surface area contributed by atoms with Gasteiger partial charge in [-0.3, -0.25) is 19.5 Å². The Morgan fingerprint density at radius 1 is 1.05 bits per heavy atom. The monoisotopic (exact) mass is 670 g/mol. The zero-order valence-corrected chi connectivity index (χ0v) is 27.0. The number of methoxy groups -OCH3 is 1. The number of ketones is 1. The molecule has 1 atom stereocenters. The second kappa shape index (κ2) is 14.4. The summed E-state index contributed by atoms with van der Waals surface area (Å²) in [5.74, 6) is -0.547. The smallest absolute Gasteiger partial charge is 0.301 e. The van der Waals surface area contributed by atoms with Crippen LogP contribution in [0.1, 0.15) is 48.9 Å². The number of rotatable bonds is 12. The maximum Gasteiger partial charge on any atom is 0.301 e. The number of hydrogen-bond donors (Lipinski definition) is 1. The molecule has 0 radical (unpaired) electrons. The predicted molar refractivity (Wildman–Crippen MR) is 173 cm³/mol. The molecular weight excluding hydrogens is 643 g/mol. The lowest BCUT2D eigenvalue weighted by Crippen LogP contribution is -2.29. The molecule has 2 aromatic heterocycles. The number of carbonyl (C=O) groups is 2. The number of nitrogens with zero attached hydrogens (tertiary/aromatic N) is 4. The number of thioether (sulfide) groups is 1. The Balaban J connectivity index is 1.52. The number of aliphatic hydroxyl groups excluding tert-OH is 1. The van der Waals surface area contributed by atoms with E-state index in [1.807, 2.05) is 6.07 Å². The van der Waals surface area contributed by atoms with Crippen molar-refractivity contribution in [1.29, 1.82) is 0 Å². The average molecular weight is 672 g/mol. The van der Waals surface area contributed by atoms with Gasteiger partial charge in [-0.15, -0.1) is 10.2 Å². The van der Waals surface area contributed by atoms with Gasteiger partial charge in [-0.1, -0.05) is 78.2 Å². The summed E-state index contributed by atoms with van der Waals surface area (Å²) in [4.78, 5) is 32.4. The van der Waals surface area contributed by atoms with Gasteiger partial charge in [-0.25, -0.2) is 0 Å². The largest absolute Gasteiger partial charge is 0.507 e. The third-order valence-corrected chi connectivity index (χ3v) is 9.57. The minimum Gasteiger partial charge on any atom is -0.507 e. The standard InChI is InChI=1S/C31H28Cl2N4O5S2/c1-3-4-5-14-42-23-9-7-19(15-24(23)41-2)26-25(27(38)18-10-12-34-13-11-18)28(39)29(40)37(26)30-35-36-31(44-30)43-17-20-6-8-21(32)16-22(20)33/h6-13,15-16,26,38H,3-5,14,17H2,1-2H3. The molecule has 0 aliphatic carbocycles. The molecule has 228 valence electrons. The van der Waals surface area contributed by atoms with Gasteiger partial charge in [0.25, 0.3) is 5.78 Å². The van der Waals surface area contributed by atoms with E-state index < -0.39 is 17.7 Å². The fraction of sp³-hybridized carbons (Fsp3) is 0.258. The highest BCUT2D eigenvalue weighted by molar-refractivity contribution is 8.00. The normalized spacial score (nSPS) is 16.0. The number of aliphatic hydroxyl groups is 1. The van der Waals surface area contributed by atoms with E-state index in [1.54, 1.807) is 42.5 Å². The van der Waals surface area contributed by atoms with Gasteiger partial charge in [-0.2, -0.15) is 0 Å². The maximum atomic E-state index is 13.6. The fourth-order valence-corrected chi connectivity index (χ4v) is 7.08. The van der Waals surface area contributed by atoms with Crippen molar-refractivity contribution in [3.05, 3.63) is 93.2 Å². The number of anilines is 1. The summed E-state index contributed by atoms with van der Waals surface area (Å²) in [6.45, 7) is 2.64. The zero-order valence-electron chi connectivity index (χ0n) is 23.8.